The molecule has 0 radical (unpaired) electrons. The summed E-state index contributed by atoms with van der Waals surface area (Å²) < 4.78 is 1.09. The number of hydrogen-bond donors (Lipinski definition) is 1. The van der Waals surface area contributed by atoms with Gasteiger partial charge >= 0.3 is 0 Å². The van der Waals surface area contributed by atoms with E-state index in [0.717, 1.165) is 15.8 Å². The predicted molar refractivity (Wildman–Crippen MR) is 50.8 cm³/mol. The van der Waals surface area contributed by atoms with Gasteiger partial charge in [-0.3, -0.25) is 4.98 Å². The van der Waals surface area contributed by atoms with Crippen LogP contribution in [0.5, 0.6) is 5.75 Å². The van der Waals surface area contributed by atoms with Crippen molar-refractivity contribution in [3.63, 3.8) is 0 Å². The molecule has 0 aromatic carbocycles. The summed E-state index contributed by atoms with van der Waals surface area (Å²) in [6.07, 6.45) is 1.50. The Morgan fingerprint density at radius 2 is 2.17 bits per heavy atom. The molecule has 2 nitrogen and oxygen atoms in total. The summed E-state index contributed by atoms with van der Waals surface area (Å²) in [5.41, 5.74) is 0.987. The van der Waals surface area contributed by atoms with Gasteiger partial charge in [0.05, 0.1) is 16.6 Å². The molecule has 2 rings (SSSR count). The van der Waals surface area contributed by atoms with Gasteiger partial charge < -0.3 is 5.11 Å². The Bertz CT molecular complexity index is 394. The van der Waals surface area contributed by atoms with Crippen molar-refractivity contribution < 1.29 is 5.11 Å². The largest absolute Gasteiger partial charge is 0.506 e. The number of thiophene rings is 1. The molecule has 3 heteroatoms. The molecular formula is C9H9NOS. The first-order valence-corrected chi connectivity index (χ1v) is 4.55. The van der Waals surface area contributed by atoms with Crippen molar-refractivity contribution in [3.8, 4) is 5.75 Å². The van der Waals surface area contributed by atoms with E-state index in [1.807, 2.05) is 19.9 Å². The van der Waals surface area contributed by atoms with Gasteiger partial charge in [0, 0.05) is 10.3 Å². The predicted octanol–water partition coefficient (Wildman–Crippen LogP) is 2.62. The number of hydrogen-bond acceptors (Lipinski definition) is 3. The smallest absolute Gasteiger partial charge is 0.142 e. The number of nitrogens with zero attached hydrogens (tertiary/aromatic N) is 1. The minimum atomic E-state index is 0.278. The highest BCUT2D eigenvalue weighted by atomic mass is 32.1. The molecule has 0 aliphatic rings. The van der Waals surface area contributed by atoms with Crippen LogP contribution in [-0.2, 0) is 0 Å². The van der Waals surface area contributed by atoms with Crippen molar-refractivity contribution in [2.75, 3.05) is 0 Å². The minimum Gasteiger partial charge on any atom is -0.506 e. The third-order valence-corrected chi connectivity index (χ3v) is 3.00. The monoisotopic (exact) mass is 179 g/mol. The van der Waals surface area contributed by atoms with Gasteiger partial charge in [-0.2, -0.15) is 0 Å². The van der Waals surface area contributed by atoms with E-state index in [1.165, 1.54) is 11.1 Å². The van der Waals surface area contributed by atoms with Crippen molar-refractivity contribution in [1.82, 2.24) is 4.98 Å². The molecule has 62 valence electrons. The van der Waals surface area contributed by atoms with Crippen LogP contribution in [-0.4, -0.2) is 10.1 Å². The number of rotatable bonds is 0. The Balaban J connectivity index is 2.93. The van der Waals surface area contributed by atoms with Gasteiger partial charge in [-0.1, -0.05) is 0 Å². The third-order valence-electron chi connectivity index (χ3n) is 1.84. The summed E-state index contributed by atoms with van der Waals surface area (Å²) in [4.78, 5) is 5.29. The zero-order chi connectivity index (χ0) is 8.72. The fraction of sp³-hybridized carbons (Fsp3) is 0.222. The highest BCUT2D eigenvalue weighted by Crippen LogP contribution is 2.32. The van der Waals surface area contributed by atoms with Gasteiger partial charge in [0.1, 0.15) is 5.75 Å². The Hall–Kier alpha value is -1.09. The zero-order valence-electron chi connectivity index (χ0n) is 6.96. The van der Waals surface area contributed by atoms with E-state index in [1.54, 1.807) is 11.3 Å². The molecule has 1 N–H and O–H groups in total. The summed E-state index contributed by atoms with van der Waals surface area (Å²) in [6, 6.07) is 1.99. The fourth-order valence-corrected chi connectivity index (χ4v) is 2.23. The first-order chi connectivity index (χ1) is 5.68. The van der Waals surface area contributed by atoms with E-state index in [9.17, 15) is 5.11 Å². The second kappa shape index (κ2) is 2.45. The van der Waals surface area contributed by atoms with E-state index >= 15 is 0 Å². The quantitative estimate of drug-likeness (QED) is 0.674. The highest BCUT2D eigenvalue weighted by molar-refractivity contribution is 7.19. The summed E-state index contributed by atoms with van der Waals surface area (Å²) in [5.74, 6) is 0.278. The summed E-state index contributed by atoms with van der Waals surface area (Å²) in [5, 5.41) is 10.4. The van der Waals surface area contributed by atoms with E-state index in [-0.39, 0.29) is 5.75 Å². The Morgan fingerprint density at radius 1 is 1.42 bits per heavy atom. The number of aryl methyl sites for hydroxylation is 2. The second-order valence-corrected chi connectivity index (χ2v) is 4.09. The topological polar surface area (TPSA) is 33.1 Å². The molecule has 0 saturated heterocycles. The number of pyridine rings is 1. The number of fused-ring (bicyclic) bond motifs is 1. The molecule has 0 atom stereocenters. The molecule has 0 aliphatic carbocycles. The molecule has 0 bridgehead atoms. The lowest BCUT2D eigenvalue weighted by atomic mass is 10.2. The molecule has 0 saturated carbocycles. The maximum atomic E-state index is 9.45. The lowest BCUT2D eigenvalue weighted by Gasteiger charge is -1.95. The van der Waals surface area contributed by atoms with Crippen molar-refractivity contribution in [1.29, 1.82) is 0 Å². The summed E-state index contributed by atoms with van der Waals surface area (Å²) in [7, 11) is 0. The summed E-state index contributed by atoms with van der Waals surface area (Å²) >= 11 is 1.67. The van der Waals surface area contributed by atoms with Crippen LogP contribution in [0.2, 0.25) is 0 Å². The molecule has 2 heterocycles. The van der Waals surface area contributed by atoms with Crippen LogP contribution < -0.4 is 0 Å². The van der Waals surface area contributed by atoms with Gasteiger partial charge in [-0.05, 0) is 19.9 Å². The van der Waals surface area contributed by atoms with Gasteiger partial charge in [-0.15, -0.1) is 11.3 Å². The summed E-state index contributed by atoms with van der Waals surface area (Å²) in [6.45, 7) is 3.99. The van der Waals surface area contributed by atoms with E-state index in [0.29, 0.717) is 0 Å². The second-order valence-electron chi connectivity index (χ2n) is 2.83. The van der Waals surface area contributed by atoms with Crippen molar-refractivity contribution in [3.05, 3.63) is 22.8 Å². The molecule has 2 aromatic heterocycles. The van der Waals surface area contributed by atoms with Crippen LogP contribution >= 0.6 is 11.3 Å². The van der Waals surface area contributed by atoms with Crippen molar-refractivity contribution in [2.45, 2.75) is 13.8 Å². The molecule has 0 spiro atoms. The van der Waals surface area contributed by atoms with Crippen molar-refractivity contribution in [2.24, 2.45) is 0 Å². The lowest BCUT2D eigenvalue weighted by molar-refractivity contribution is 0.479. The molecular weight excluding hydrogens is 170 g/mol. The van der Waals surface area contributed by atoms with E-state index in [4.69, 9.17) is 0 Å². The Morgan fingerprint density at radius 3 is 2.83 bits per heavy atom. The normalized spacial score (nSPS) is 10.8. The van der Waals surface area contributed by atoms with Gasteiger partial charge in [0.15, 0.2) is 0 Å². The lowest BCUT2D eigenvalue weighted by Crippen LogP contribution is -1.78. The molecule has 2 aromatic rings. The van der Waals surface area contributed by atoms with Crippen LogP contribution in [0.3, 0.4) is 0 Å². The van der Waals surface area contributed by atoms with Gasteiger partial charge in [0.25, 0.3) is 0 Å². The van der Waals surface area contributed by atoms with Crippen LogP contribution in [0.4, 0.5) is 0 Å². The van der Waals surface area contributed by atoms with Gasteiger partial charge in [0.2, 0.25) is 0 Å². The molecule has 12 heavy (non-hydrogen) atoms. The van der Waals surface area contributed by atoms with E-state index in [2.05, 4.69) is 4.98 Å². The Labute approximate surface area is 74.5 Å². The molecule has 0 aliphatic heterocycles. The van der Waals surface area contributed by atoms with Crippen LogP contribution in [0.25, 0.3) is 10.1 Å². The average molecular weight is 179 g/mol. The van der Waals surface area contributed by atoms with Crippen molar-refractivity contribution >= 4 is 21.4 Å². The fourth-order valence-electron chi connectivity index (χ4n) is 1.26. The first kappa shape index (κ1) is 7.55. The molecule has 0 amide bonds. The number of aromatic nitrogens is 1. The Kier molecular flexibility index (Phi) is 1.54. The van der Waals surface area contributed by atoms with E-state index < -0.39 is 0 Å². The highest BCUT2D eigenvalue weighted by Gasteiger charge is 2.06. The molecule has 0 fully saturated rings. The number of aromatic hydroxyl groups is 1. The SMILES string of the molecule is Cc1cc2c(O)cnc(C)c2s1. The van der Waals surface area contributed by atoms with Crippen LogP contribution in [0, 0.1) is 13.8 Å². The van der Waals surface area contributed by atoms with Gasteiger partial charge in [-0.25, -0.2) is 0 Å². The van der Waals surface area contributed by atoms with Crippen LogP contribution in [0.1, 0.15) is 10.6 Å². The maximum absolute atomic E-state index is 9.45. The van der Waals surface area contributed by atoms with Crippen LogP contribution in [0.15, 0.2) is 12.3 Å². The zero-order valence-corrected chi connectivity index (χ0v) is 7.77. The minimum absolute atomic E-state index is 0.278. The first-order valence-electron chi connectivity index (χ1n) is 3.73. The average Bonchev–Trinajstić information content (AvgIpc) is 2.41. The molecule has 0 unspecified atom stereocenters. The maximum Gasteiger partial charge on any atom is 0.142 e. The third kappa shape index (κ3) is 0.975. The standard InChI is InChI=1S/C9H9NOS/c1-5-3-7-8(11)4-10-6(2)9(7)12-5/h3-4,11H,1-2H3.